The molecule has 0 atom stereocenters. The SMILES string of the molecule is CSC1CCC(Nc2ccc(C(N)=S)nc2)CC1. The normalized spacial score (nSPS) is 23.6. The van der Waals surface area contributed by atoms with Gasteiger partial charge in [-0.2, -0.15) is 11.8 Å². The van der Waals surface area contributed by atoms with Crippen molar-refractivity contribution in [2.75, 3.05) is 11.6 Å². The van der Waals surface area contributed by atoms with Crippen molar-refractivity contribution in [3.63, 3.8) is 0 Å². The number of hydrogen-bond acceptors (Lipinski definition) is 4. The van der Waals surface area contributed by atoms with Gasteiger partial charge in [0.25, 0.3) is 0 Å². The van der Waals surface area contributed by atoms with E-state index in [1.165, 1.54) is 25.7 Å². The fourth-order valence-corrected chi connectivity index (χ4v) is 3.17. The van der Waals surface area contributed by atoms with Gasteiger partial charge < -0.3 is 11.1 Å². The first-order chi connectivity index (χ1) is 8.69. The van der Waals surface area contributed by atoms with Gasteiger partial charge in [0.05, 0.1) is 17.6 Å². The Balaban J connectivity index is 1.88. The highest BCUT2D eigenvalue weighted by atomic mass is 32.2. The van der Waals surface area contributed by atoms with Crippen LogP contribution in [-0.2, 0) is 0 Å². The van der Waals surface area contributed by atoms with Crippen molar-refractivity contribution in [1.29, 1.82) is 0 Å². The van der Waals surface area contributed by atoms with E-state index in [1.54, 1.807) is 0 Å². The topological polar surface area (TPSA) is 50.9 Å². The van der Waals surface area contributed by atoms with Crippen LogP contribution in [0.2, 0.25) is 0 Å². The van der Waals surface area contributed by atoms with Crippen molar-refractivity contribution >= 4 is 34.7 Å². The second kappa shape index (κ2) is 6.38. The highest BCUT2D eigenvalue weighted by molar-refractivity contribution is 7.99. The van der Waals surface area contributed by atoms with Crippen molar-refractivity contribution in [3.8, 4) is 0 Å². The van der Waals surface area contributed by atoms with E-state index in [2.05, 4.69) is 16.6 Å². The number of thiocarbonyl (C=S) groups is 1. The molecule has 0 aliphatic heterocycles. The van der Waals surface area contributed by atoms with Crippen LogP contribution in [0.25, 0.3) is 0 Å². The van der Waals surface area contributed by atoms with E-state index in [-0.39, 0.29) is 0 Å². The lowest BCUT2D eigenvalue weighted by atomic mass is 9.95. The predicted octanol–water partition coefficient (Wildman–Crippen LogP) is 2.80. The fraction of sp³-hybridized carbons (Fsp3) is 0.538. The molecule has 3 nitrogen and oxygen atoms in total. The first-order valence-electron chi connectivity index (χ1n) is 6.24. The zero-order valence-corrected chi connectivity index (χ0v) is 12.2. The first-order valence-corrected chi connectivity index (χ1v) is 7.94. The zero-order valence-electron chi connectivity index (χ0n) is 10.6. The molecule has 0 aromatic carbocycles. The third-order valence-corrected chi connectivity index (χ3v) is 4.74. The fourth-order valence-electron chi connectivity index (χ4n) is 2.30. The maximum Gasteiger partial charge on any atom is 0.122 e. The van der Waals surface area contributed by atoms with Crippen molar-refractivity contribution < 1.29 is 0 Å². The maximum atomic E-state index is 5.52. The molecule has 0 saturated heterocycles. The van der Waals surface area contributed by atoms with Crippen molar-refractivity contribution in [3.05, 3.63) is 24.0 Å². The number of anilines is 1. The zero-order chi connectivity index (χ0) is 13.0. The van der Waals surface area contributed by atoms with Crippen LogP contribution in [0, 0.1) is 0 Å². The predicted molar refractivity (Wildman–Crippen MR) is 83.3 cm³/mol. The monoisotopic (exact) mass is 281 g/mol. The van der Waals surface area contributed by atoms with Crippen molar-refractivity contribution in [2.24, 2.45) is 5.73 Å². The Morgan fingerprint density at radius 2 is 2.11 bits per heavy atom. The molecular formula is C13H19N3S2. The number of nitrogens with two attached hydrogens (primary N) is 1. The Labute approximate surface area is 118 Å². The van der Waals surface area contributed by atoms with E-state index in [0.717, 1.165) is 10.9 Å². The van der Waals surface area contributed by atoms with Crippen LogP contribution in [0.5, 0.6) is 0 Å². The van der Waals surface area contributed by atoms with Crippen LogP contribution in [-0.4, -0.2) is 27.5 Å². The smallest absolute Gasteiger partial charge is 0.122 e. The molecule has 1 aliphatic carbocycles. The summed E-state index contributed by atoms with van der Waals surface area (Å²) in [5.41, 5.74) is 7.26. The molecule has 1 aromatic heterocycles. The number of hydrogen-bond donors (Lipinski definition) is 2. The molecule has 98 valence electrons. The summed E-state index contributed by atoms with van der Waals surface area (Å²) < 4.78 is 0. The molecular weight excluding hydrogens is 262 g/mol. The van der Waals surface area contributed by atoms with Crippen molar-refractivity contribution in [2.45, 2.75) is 37.0 Å². The van der Waals surface area contributed by atoms with Crippen LogP contribution >= 0.6 is 24.0 Å². The highest BCUT2D eigenvalue weighted by Crippen LogP contribution is 2.28. The van der Waals surface area contributed by atoms with Gasteiger partial charge in [-0.15, -0.1) is 0 Å². The molecule has 0 bridgehead atoms. The van der Waals surface area contributed by atoms with E-state index < -0.39 is 0 Å². The standard InChI is InChI=1S/C13H19N3S2/c1-18-11-5-2-9(3-6-11)16-10-4-7-12(13(14)17)15-8-10/h4,7-9,11,16H,2-3,5-6H2,1H3,(H2,14,17). The lowest BCUT2D eigenvalue weighted by Gasteiger charge is -2.28. The molecule has 0 spiro atoms. The largest absolute Gasteiger partial charge is 0.388 e. The summed E-state index contributed by atoms with van der Waals surface area (Å²) in [6.07, 6.45) is 9.10. The average molecular weight is 281 g/mol. The molecule has 1 fully saturated rings. The molecule has 1 aromatic rings. The molecule has 0 amide bonds. The van der Waals surface area contributed by atoms with Crippen LogP contribution < -0.4 is 11.1 Å². The molecule has 1 saturated carbocycles. The van der Waals surface area contributed by atoms with Gasteiger partial charge in [-0.1, -0.05) is 12.2 Å². The van der Waals surface area contributed by atoms with E-state index in [1.807, 2.05) is 30.1 Å². The van der Waals surface area contributed by atoms with Crippen LogP contribution in [0.1, 0.15) is 31.4 Å². The Morgan fingerprint density at radius 1 is 1.39 bits per heavy atom. The summed E-state index contributed by atoms with van der Waals surface area (Å²) in [7, 11) is 0. The molecule has 5 heteroatoms. The van der Waals surface area contributed by atoms with Gasteiger partial charge in [-0.3, -0.25) is 4.98 Å². The van der Waals surface area contributed by atoms with Gasteiger partial charge in [0.1, 0.15) is 4.99 Å². The summed E-state index contributed by atoms with van der Waals surface area (Å²) in [6.45, 7) is 0. The first kappa shape index (κ1) is 13.6. The van der Waals surface area contributed by atoms with Gasteiger partial charge in [-0.05, 0) is 44.1 Å². The molecule has 18 heavy (non-hydrogen) atoms. The summed E-state index contributed by atoms with van der Waals surface area (Å²) in [5, 5.41) is 4.38. The number of nitrogens with zero attached hydrogens (tertiary/aromatic N) is 1. The second-order valence-corrected chi connectivity index (χ2v) is 6.23. The van der Waals surface area contributed by atoms with Gasteiger partial charge in [0.15, 0.2) is 0 Å². The summed E-state index contributed by atoms with van der Waals surface area (Å²) in [4.78, 5) is 4.59. The van der Waals surface area contributed by atoms with Gasteiger partial charge in [-0.25, -0.2) is 0 Å². The van der Waals surface area contributed by atoms with Gasteiger partial charge in [0, 0.05) is 11.3 Å². The summed E-state index contributed by atoms with van der Waals surface area (Å²) >= 11 is 6.88. The summed E-state index contributed by atoms with van der Waals surface area (Å²) in [5.74, 6) is 0. The quantitative estimate of drug-likeness (QED) is 0.831. The van der Waals surface area contributed by atoms with E-state index >= 15 is 0 Å². The van der Waals surface area contributed by atoms with Crippen LogP contribution in [0.4, 0.5) is 5.69 Å². The van der Waals surface area contributed by atoms with Gasteiger partial charge >= 0.3 is 0 Å². The minimum Gasteiger partial charge on any atom is -0.388 e. The minimum atomic E-state index is 0.349. The maximum absolute atomic E-state index is 5.52. The van der Waals surface area contributed by atoms with E-state index in [9.17, 15) is 0 Å². The van der Waals surface area contributed by atoms with Crippen LogP contribution in [0.3, 0.4) is 0 Å². The average Bonchev–Trinajstić information content (AvgIpc) is 2.40. The summed E-state index contributed by atoms with van der Waals surface area (Å²) in [6, 6.07) is 4.45. The number of aromatic nitrogens is 1. The molecule has 0 unspecified atom stereocenters. The second-order valence-electron chi connectivity index (χ2n) is 4.65. The lowest BCUT2D eigenvalue weighted by Crippen LogP contribution is -2.27. The van der Waals surface area contributed by atoms with Crippen LogP contribution in [0.15, 0.2) is 18.3 Å². The molecule has 3 N–H and O–H groups in total. The molecule has 1 aliphatic rings. The number of thioether (sulfide) groups is 1. The highest BCUT2D eigenvalue weighted by Gasteiger charge is 2.20. The van der Waals surface area contributed by atoms with Crippen molar-refractivity contribution in [1.82, 2.24) is 4.98 Å². The molecule has 1 heterocycles. The molecule has 0 radical (unpaired) electrons. The van der Waals surface area contributed by atoms with E-state index in [4.69, 9.17) is 18.0 Å². The Morgan fingerprint density at radius 3 is 2.61 bits per heavy atom. The third-order valence-electron chi connectivity index (χ3n) is 3.39. The Bertz CT molecular complexity index is 397. The van der Waals surface area contributed by atoms with Gasteiger partial charge in [0.2, 0.25) is 0 Å². The number of rotatable bonds is 4. The third kappa shape index (κ3) is 3.59. The molecule has 2 rings (SSSR count). The number of nitrogens with one attached hydrogen (secondary N) is 1. The Hall–Kier alpha value is -0.810. The van der Waals surface area contributed by atoms with E-state index in [0.29, 0.717) is 16.7 Å². The minimum absolute atomic E-state index is 0.349. The lowest BCUT2D eigenvalue weighted by molar-refractivity contribution is 0.473. The Kier molecular flexibility index (Phi) is 4.83. The number of pyridine rings is 1.